The van der Waals surface area contributed by atoms with Crippen LogP contribution < -0.4 is 5.32 Å². The molecule has 1 saturated carbocycles. The van der Waals surface area contributed by atoms with Gasteiger partial charge in [-0.1, -0.05) is 6.92 Å². The van der Waals surface area contributed by atoms with Crippen LogP contribution in [0.3, 0.4) is 0 Å². The van der Waals surface area contributed by atoms with Crippen molar-refractivity contribution in [3.63, 3.8) is 0 Å². The quantitative estimate of drug-likeness (QED) is 0.806. The highest BCUT2D eigenvalue weighted by Crippen LogP contribution is 2.35. The van der Waals surface area contributed by atoms with E-state index in [4.69, 9.17) is 0 Å². The van der Waals surface area contributed by atoms with Crippen molar-refractivity contribution in [2.75, 3.05) is 33.2 Å². The molecule has 0 spiro atoms. The summed E-state index contributed by atoms with van der Waals surface area (Å²) in [6.07, 6.45) is 2.46. The molecule has 5 nitrogen and oxygen atoms in total. The summed E-state index contributed by atoms with van der Waals surface area (Å²) < 4.78 is 0. The Balaban J connectivity index is 2.04. The summed E-state index contributed by atoms with van der Waals surface area (Å²) in [7, 11) is 2.17. The standard InChI is InChI=1S/C15H29N3O2/c1-5-16-15(13(19)20)7-6-12(10-15)18-9-8-17(4)14(2,3)11-18/h12,16H,5-11H2,1-4H3,(H,19,20). The summed E-state index contributed by atoms with van der Waals surface area (Å²) in [5, 5.41) is 12.8. The Hall–Kier alpha value is -0.650. The fraction of sp³-hybridized carbons (Fsp3) is 0.933. The molecule has 1 saturated heterocycles. The van der Waals surface area contributed by atoms with E-state index in [1.165, 1.54) is 0 Å². The smallest absolute Gasteiger partial charge is 0.323 e. The zero-order valence-electron chi connectivity index (χ0n) is 13.3. The molecule has 2 N–H and O–H groups in total. The molecule has 0 aromatic carbocycles. The Labute approximate surface area is 122 Å². The zero-order valence-corrected chi connectivity index (χ0v) is 13.3. The first-order valence-electron chi connectivity index (χ1n) is 7.74. The lowest BCUT2D eigenvalue weighted by atomic mass is 9.95. The number of hydrogen-bond acceptors (Lipinski definition) is 4. The highest BCUT2D eigenvalue weighted by atomic mass is 16.4. The van der Waals surface area contributed by atoms with Gasteiger partial charge in [0, 0.05) is 31.2 Å². The normalized spacial score (nSPS) is 35.3. The average Bonchev–Trinajstić information content (AvgIpc) is 2.79. The first kappa shape index (κ1) is 15.7. The molecule has 5 heteroatoms. The molecule has 20 heavy (non-hydrogen) atoms. The van der Waals surface area contributed by atoms with Crippen LogP contribution in [0.1, 0.15) is 40.0 Å². The number of nitrogens with one attached hydrogen (secondary N) is 1. The van der Waals surface area contributed by atoms with Crippen molar-refractivity contribution in [1.82, 2.24) is 15.1 Å². The van der Waals surface area contributed by atoms with E-state index in [-0.39, 0.29) is 5.54 Å². The van der Waals surface area contributed by atoms with Gasteiger partial charge in [-0.25, -0.2) is 0 Å². The molecular weight excluding hydrogens is 254 g/mol. The predicted octanol–water partition coefficient (Wildman–Crippen LogP) is 0.998. The Bertz CT molecular complexity index is 372. The lowest BCUT2D eigenvalue weighted by Gasteiger charge is -2.47. The van der Waals surface area contributed by atoms with Crippen LogP contribution in [0.2, 0.25) is 0 Å². The van der Waals surface area contributed by atoms with Crippen molar-refractivity contribution in [3.8, 4) is 0 Å². The molecule has 0 amide bonds. The molecule has 2 atom stereocenters. The van der Waals surface area contributed by atoms with E-state index in [9.17, 15) is 9.90 Å². The third-order valence-corrected chi connectivity index (χ3v) is 5.28. The SMILES string of the molecule is CCNC1(C(=O)O)CCC(N2CCN(C)C(C)(C)C2)C1. The van der Waals surface area contributed by atoms with Crippen LogP contribution in [-0.2, 0) is 4.79 Å². The molecule has 1 heterocycles. The summed E-state index contributed by atoms with van der Waals surface area (Å²) in [6, 6.07) is 0.401. The van der Waals surface area contributed by atoms with Crippen LogP contribution in [0.15, 0.2) is 0 Å². The molecule has 2 fully saturated rings. The maximum Gasteiger partial charge on any atom is 0.323 e. The monoisotopic (exact) mass is 283 g/mol. The first-order chi connectivity index (χ1) is 9.31. The van der Waals surface area contributed by atoms with Gasteiger partial charge in [-0.15, -0.1) is 0 Å². The van der Waals surface area contributed by atoms with E-state index in [0.717, 1.165) is 38.9 Å². The first-order valence-corrected chi connectivity index (χ1v) is 7.74. The third kappa shape index (κ3) is 2.85. The van der Waals surface area contributed by atoms with E-state index in [2.05, 4.69) is 36.0 Å². The van der Waals surface area contributed by atoms with Gasteiger partial charge >= 0.3 is 5.97 Å². The van der Waals surface area contributed by atoms with Crippen molar-refractivity contribution in [2.45, 2.75) is 57.2 Å². The highest BCUT2D eigenvalue weighted by Gasteiger charge is 2.47. The minimum Gasteiger partial charge on any atom is -0.480 e. The summed E-state index contributed by atoms with van der Waals surface area (Å²) in [6.45, 7) is 10.4. The van der Waals surface area contributed by atoms with Crippen LogP contribution in [0, 0.1) is 0 Å². The molecule has 0 aromatic heterocycles. The van der Waals surface area contributed by atoms with Crippen LogP contribution in [0.5, 0.6) is 0 Å². The van der Waals surface area contributed by atoms with Gasteiger partial charge in [0.1, 0.15) is 5.54 Å². The summed E-state index contributed by atoms with van der Waals surface area (Å²) in [5.41, 5.74) is -0.530. The Morgan fingerprint density at radius 3 is 2.65 bits per heavy atom. The van der Waals surface area contributed by atoms with Crippen molar-refractivity contribution >= 4 is 5.97 Å². The third-order valence-electron chi connectivity index (χ3n) is 5.28. The number of carbonyl (C=O) groups is 1. The minimum absolute atomic E-state index is 0.172. The van der Waals surface area contributed by atoms with Crippen LogP contribution in [0.4, 0.5) is 0 Å². The van der Waals surface area contributed by atoms with Gasteiger partial charge < -0.3 is 10.4 Å². The number of hydrogen-bond donors (Lipinski definition) is 2. The number of nitrogens with zero attached hydrogens (tertiary/aromatic N) is 2. The number of carboxylic acid groups (broad SMARTS) is 1. The topological polar surface area (TPSA) is 55.8 Å². The van der Waals surface area contributed by atoms with E-state index >= 15 is 0 Å². The molecule has 0 bridgehead atoms. The molecule has 0 radical (unpaired) electrons. The minimum atomic E-state index is -0.701. The second kappa shape index (κ2) is 5.62. The average molecular weight is 283 g/mol. The number of aliphatic carboxylic acids is 1. The van der Waals surface area contributed by atoms with Crippen molar-refractivity contribution in [1.29, 1.82) is 0 Å². The van der Waals surface area contributed by atoms with Crippen LogP contribution in [-0.4, -0.2) is 71.2 Å². The van der Waals surface area contributed by atoms with Gasteiger partial charge in [-0.05, 0) is 46.7 Å². The van der Waals surface area contributed by atoms with E-state index < -0.39 is 11.5 Å². The van der Waals surface area contributed by atoms with Crippen molar-refractivity contribution in [2.24, 2.45) is 0 Å². The number of piperazine rings is 1. The molecule has 1 aliphatic carbocycles. The largest absolute Gasteiger partial charge is 0.480 e. The van der Waals surface area contributed by atoms with Gasteiger partial charge in [0.15, 0.2) is 0 Å². The Morgan fingerprint density at radius 2 is 2.10 bits per heavy atom. The number of rotatable bonds is 4. The molecule has 1 aliphatic heterocycles. The maximum absolute atomic E-state index is 11.6. The molecule has 2 aliphatic rings. The summed E-state index contributed by atoms with van der Waals surface area (Å²) >= 11 is 0. The molecular formula is C15H29N3O2. The Morgan fingerprint density at radius 1 is 1.40 bits per heavy atom. The summed E-state index contributed by atoms with van der Waals surface area (Å²) in [5.74, 6) is -0.685. The van der Waals surface area contributed by atoms with Gasteiger partial charge in [0.05, 0.1) is 0 Å². The van der Waals surface area contributed by atoms with Crippen LogP contribution in [0.25, 0.3) is 0 Å². The molecule has 2 unspecified atom stereocenters. The predicted molar refractivity (Wildman–Crippen MR) is 80.0 cm³/mol. The fourth-order valence-electron chi connectivity index (χ4n) is 3.69. The van der Waals surface area contributed by atoms with Crippen molar-refractivity contribution < 1.29 is 9.90 Å². The lowest BCUT2D eigenvalue weighted by Crippen LogP contribution is -2.60. The van der Waals surface area contributed by atoms with Gasteiger partial charge in [0.25, 0.3) is 0 Å². The zero-order chi connectivity index (χ0) is 15.0. The van der Waals surface area contributed by atoms with E-state index in [1.807, 2.05) is 6.92 Å². The molecule has 116 valence electrons. The summed E-state index contributed by atoms with van der Waals surface area (Å²) in [4.78, 5) is 16.5. The molecule has 0 aromatic rings. The Kier molecular flexibility index (Phi) is 4.42. The molecule has 2 rings (SSSR count). The fourth-order valence-corrected chi connectivity index (χ4v) is 3.69. The van der Waals surface area contributed by atoms with Crippen molar-refractivity contribution in [3.05, 3.63) is 0 Å². The van der Waals surface area contributed by atoms with E-state index in [1.54, 1.807) is 0 Å². The number of likely N-dealkylation sites (N-methyl/N-ethyl adjacent to an activating group) is 2. The van der Waals surface area contributed by atoms with Gasteiger partial charge in [-0.3, -0.25) is 14.6 Å². The van der Waals surface area contributed by atoms with Crippen LogP contribution >= 0.6 is 0 Å². The van der Waals surface area contributed by atoms with Gasteiger partial charge in [-0.2, -0.15) is 0 Å². The lowest BCUT2D eigenvalue weighted by molar-refractivity contribution is -0.144. The van der Waals surface area contributed by atoms with E-state index in [0.29, 0.717) is 12.6 Å². The van der Waals surface area contributed by atoms with Gasteiger partial charge in [0.2, 0.25) is 0 Å². The maximum atomic E-state index is 11.6. The second-order valence-corrected chi connectivity index (χ2v) is 7.02. The number of carboxylic acids is 1. The second-order valence-electron chi connectivity index (χ2n) is 7.02. The highest BCUT2D eigenvalue weighted by molar-refractivity contribution is 5.79.